The van der Waals surface area contributed by atoms with Gasteiger partial charge in [-0.25, -0.2) is 4.79 Å². The van der Waals surface area contributed by atoms with Crippen molar-refractivity contribution in [1.29, 1.82) is 0 Å². The molecule has 0 bridgehead atoms. The number of amides is 1. The number of aliphatic carboxylic acids is 1. The molecule has 0 aliphatic heterocycles. The van der Waals surface area contributed by atoms with E-state index in [0.717, 1.165) is 0 Å². The molecule has 0 aromatic carbocycles. The fourth-order valence-corrected chi connectivity index (χ4v) is 0.794. The van der Waals surface area contributed by atoms with E-state index in [1.807, 2.05) is 0 Å². The summed E-state index contributed by atoms with van der Waals surface area (Å²) in [7, 11) is 1.29. The highest BCUT2D eigenvalue weighted by Crippen LogP contribution is 2.03. The van der Waals surface area contributed by atoms with E-state index in [-0.39, 0.29) is 5.92 Å². The molecule has 0 aromatic heterocycles. The van der Waals surface area contributed by atoms with Crippen LogP contribution in [0, 0.1) is 5.92 Å². The van der Waals surface area contributed by atoms with E-state index >= 15 is 0 Å². The topological polar surface area (TPSA) is 75.6 Å². The Morgan fingerprint density at radius 1 is 1.54 bits per heavy atom. The molecule has 0 aliphatic carbocycles. The SMILES string of the molecule is COC(=O)NCCCC(C)C(=O)O. The normalized spacial score (nSPS) is 11.8. The Kier molecular flexibility index (Phi) is 5.67. The number of carbonyl (C=O) groups is 2. The smallest absolute Gasteiger partial charge is 0.406 e. The molecule has 76 valence electrons. The lowest BCUT2D eigenvalue weighted by Gasteiger charge is -2.06. The molecular formula is C8H15NO4. The van der Waals surface area contributed by atoms with E-state index < -0.39 is 12.1 Å². The maximum atomic E-state index is 10.5. The quantitative estimate of drug-likeness (QED) is 0.628. The van der Waals surface area contributed by atoms with Crippen molar-refractivity contribution in [2.75, 3.05) is 13.7 Å². The molecule has 1 unspecified atom stereocenters. The van der Waals surface area contributed by atoms with E-state index in [0.29, 0.717) is 19.4 Å². The van der Waals surface area contributed by atoms with Crippen molar-refractivity contribution in [3.63, 3.8) is 0 Å². The molecule has 0 fully saturated rings. The van der Waals surface area contributed by atoms with Gasteiger partial charge in [-0.15, -0.1) is 0 Å². The summed E-state index contributed by atoms with van der Waals surface area (Å²) in [6.07, 6.45) is 0.713. The summed E-state index contributed by atoms with van der Waals surface area (Å²) in [6.45, 7) is 2.09. The van der Waals surface area contributed by atoms with Crippen LogP contribution in [0.15, 0.2) is 0 Å². The molecule has 5 nitrogen and oxygen atoms in total. The minimum absolute atomic E-state index is 0.362. The minimum Gasteiger partial charge on any atom is -0.481 e. The van der Waals surface area contributed by atoms with Crippen LogP contribution >= 0.6 is 0 Å². The van der Waals surface area contributed by atoms with Crippen molar-refractivity contribution in [2.24, 2.45) is 5.92 Å². The molecule has 13 heavy (non-hydrogen) atoms. The zero-order chi connectivity index (χ0) is 10.3. The average molecular weight is 189 g/mol. The molecule has 1 atom stereocenters. The summed E-state index contributed by atoms with van der Waals surface area (Å²) in [5.74, 6) is -1.17. The lowest BCUT2D eigenvalue weighted by Crippen LogP contribution is -2.24. The van der Waals surface area contributed by atoms with Gasteiger partial charge in [0.2, 0.25) is 0 Å². The number of rotatable bonds is 5. The Bertz CT molecular complexity index is 181. The van der Waals surface area contributed by atoms with Crippen LogP contribution in [0.1, 0.15) is 19.8 Å². The van der Waals surface area contributed by atoms with Gasteiger partial charge in [0.25, 0.3) is 0 Å². The maximum absolute atomic E-state index is 10.5. The second kappa shape index (κ2) is 6.28. The fourth-order valence-electron chi connectivity index (χ4n) is 0.794. The first kappa shape index (κ1) is 11.7. The number of hydrogen-bond acceptors (Lipinski definition) is 3. The number of alkyl carbamates (subject to hydrolysis) is 1. The van der Waals surface area contributed by atoms with Crippen molar-refractivity contribution in [1.82, 2.24) is 5.32 Å². The molecule has 0 aromatic rings. The number of carboxylic acids is 1. The molecule has 0 saturated heterocycles. The highest BCUT2D eigenvalue weighted by atomic mass is 16.5. The van der Waals surface area contributed by atoms with E-state index in [1.54, 1.807) is 6.92 Å². The molecule has 0 radical (unpaired) electrons. The molecule has 0 heterocycles. The van der Waals surface area contributed by atoms with Crippen LogP contribution in [0.2, 0.25) is 0 Å². The van der Waals surface area contributed by atoms with Crippen molar-refractivity contribution < 1.29 is 19.4 Å². The summed E-state index contributed by atoms with van der Waals surface area (Å²) in [4.78, 5) is 20.9. The molecular weight excluding hydrogens is 174 g/mol. The standard InChI is InChI=1S/C8H15NO4/c1-6(7(10)11)4-3-5-9-8(12)13-2/h6H,3-5H2,1-2H3,(H,9,12)(H,10,11). The minimum atomic E-state index is -0.807. The van der Waals surface area contributed by atoms with Gasteiger partial charge >= 0.3 is 12.1 Å². The molecule has 0 spiro atoms. The number of ether oxygens (including phenoxy) is 1. The number of hydrogen-bond donors (Lipinski definition) is 2. The van der Waals surface area contributed by atoms with Crippen LogP contribution in [0.3, 0.4) is 0 Å². The zero-order valence-corrected chi connectivity index (χ0v) is 7.87. The van der Waals surface area contributed by atoms with Gasteiger partial charge in [0.1, 0.15) is 0 Å². The Balaban J connectivity index is 3.35. The monoisotopic (exact) mass is 189 g/mol. The van der Waals surface area contributed by atoms with Crippen LogP contribution in [-0.4, -0.2) is 30.8 Å². The molecule has 5 heteroatoms. The summed E-state index contributed by atoms with van der Waals surface area (Å²) in [5, 5.41) is 11.0. The van der Waals surface area contributed by atoms with E-state index in [9.17, 15) is 9.59 Å². The van der Waals surface area contributed by atoms with Crippen LogP contribution in [0.5, 0.6) is 0 Å². The largest absolute Gasteiger partial charge is 0.481 e. The Hall–Kier alpha value is -1.26. The van der Waals surface area contributed by atoms with Crippen molar-refractivity contribution in [3.8, 4) is 0 Å². The van der Waals surface area contributed by atoms with Crippen molar-refractivity contribution in [3.05, 3.63) is 0 Å². The number of nitrogens with one attached hydrogen (secondary N) is 1. The van der Waals surface area contributed by atoms with E-state index in [2.05, 4.69) is 10.1 Å². The van der Waals surface area contributed by atoms with Gasteiger partial charge < -0.3 is 15.2 Å². The second-order valence-corrected chi connectivity index (χ2v) is 2.80. The lowest BCUT2D eigenvalue weighted by atomic mass is 10.1. The van der Waals surface area contributed by atoms with Gasteiger partial charge in [-0.2, -0.15) is 0 Å². The van der Waals surface area contributed by atoms with Crippen LogP contribution in [-0.2, 0) is 9.53 Å². The van der Waals surface area contributed by atoms with Gasteiger partial charge in [-0.1, -0.05) is 6.92 Å². The number of carboxylic acid groups (broad SMARTS) is 1. The van der Waals surface area contributed by atoms with Gasteiger partial charge in [0.05, 0.1) is 13.0 Å². The predicted octanol–water partition coefficient (Wildman–Crippen LogP) is 0.843. The first-order valence-corrected chi connectivity index (χ1v) is 4.12. The Labute approximate surface area is 77.1 Å². The van der Waals surface area contributed by atoms with Crippen molar-refractivity contribution in [2.45, 2.75) is 19.8 Å². The third-order valence-electron chi connectivity index (χ3n) is 1.69. The average Bonchev–Trinajstić information content (AvgIpc) is 2.11. The summed E-state index contributed by atoms with van der Waals surface area (Å²) < 4.78 is 4.34. The first-order valence-electron chi connectivity index (χ1n) is 4.12. The van der Waals surface area contributed by atoms with Gasteiger partial charge in [0, 0.05) is 6.54 Å². The molecule has 2 N–H and O–H groups in total. The fraction of sp³-hybridized carbons (Fsp3) is 0.750. The third kappa shape index (κ3) is 5.95. The number of methoxy groups -OCH3 is 1. The van der Waals surface area contributed by atoms with E-state index in [1.165, 1.54) is 7.11 Å². The lowest BCUT2D eigenvalue weighted by molar-refractivity contribution is -0.141. The first-order chi connectivity index (χ1) is 6.07. The van der Waals surface area contributed by atoms with Gasteiger partial charge in [-0.05, 0) is 12.8 Å². The highest BCUT2D eigenvalue weighted by molar-refractivity contribution is 5.69. The summed E-state index contributed by atoms with van der Waals surface area (Å²) in [6, 6.07) is 0. The van der Waals surface area contributed by atoms with Gasteiger partial charge in [-0.3, -0.25) is 4.79 Å². The van der Waals surface area contributed by atoms with E-state index in [4.69, 9.17) is 5.11 Å². The van der Waals surface area contributed by atoms with Crippen LogP contribution in [0.4, 0.5) is 4.79 Å². The van der Waals surface area contributed by atoms with Crippen LogP contribution < -0.4 is 5.32 Å². The molecule has 0 rings (SSSR count). The van der Waals surface area contributed by atoms with Gasteiger partial charge in [0.15, 0.2) is 0 Å². The highest BCUT2D eigenvalue weighted by Gasteiger charge is 2.09. The molecule has 1 amide bonds. The number of carbonyl (C=O) groups excluding carboxylic acids is 1. The second-order valence-electron chi connectivity index (χ2n) is 2.80. The third-order valence-corrected chi connectivity index (χ3v) is 1.69. The summed E-state index contributed by atoms with van der Waals surface area (Å²) >= 11 is 0. The molecule has 0 saturated carbocycles. The van der Waals surface area contributed by atoms with Crippen LogP contribution in [0.25, 0.3) is 0 Å². The van der Waals surface area contributed by atoms with Crippen molar-refractivity contribution >= 4 is 12.1 Å². The Morgan fingerprint density at radius 2 is 2.15 bits per heavy atom. The molecule has 0 aliphatic rings. The maximum Gasteiger partial charge on any atom is 0.406 e. The Morgan fingerprint density at radius 3 is 2.62 bits per heavy atom. The predicted molar refractivity (Wildman–Crippen MR) is 46.4 cm³/mol. The zero-order valence-electron chi connectivity index (χ0n) is 7.87. The summed E-state index contributed by atoms with van der Waals surface area (Å²) in [5.41, 5.74) is 0.